The van der Waals surface area contributed by atoms with Crippen molar-refractivity contribution in [3.05, 3.63) is 144 Å². The number of nitrogens with two attached hydrogens (primary N) is 2. The lowest BCUT2D eigenvalue weighted by molar-refractivity contribution is -0.129. The van der Waals surface area contributed by atoms with Crippen LogP contribution in [0, 0.1) is 0 Å². The topological polar surface area (TPSA) is 180 Å². The molecule has 0 unspecified atom stereocenters. The van der Waals surface area contributed by atoms with Crippen LogP contribution in [-0.4, -0.2) is 74.0 Å². The Labute approximate surface area is 319 Å². The number of hydrogen-bond donors (Lipinski definition) is 7. The molecular formula is C43H55N7O4. The molecule has 11 heteroatoms. The van der Waals surface area contributed by atoms with E-state index >= 15 is 0 Å². The van der Waals surface area contributed by atoms with Crippen molar-refractivity contribution >= 4 is 23.6 Å². The first-order chi connectivity index (χ1) is 26.3. The van der Waals surface area contributed by atoms with Gasteiger partial charge in [0.15, 0.2) is 0 Å². The molecule has 0 spiro atoms. The second kappa shape index (κ2) is 23.3. The molecule has 4 atom stereocenters. The Morgan fingerprint density at radius 3 is 1.11 bits per heavy atom. The Bertz CT molecular complexity index is 1570. The van der Waals surface area contributed by atoms with Crippen molar-refractivity contribution in [3.63, 3.8) is 0 Å². The van der Waals surface area contributed by atoms with Crippen molar-refractivity contribution in [3.8, 4) is 0 Å². The van der Waals surface area contributed by atoms with Gasteiger partial charge in [-0.05, 0) is 67.4 Å². The van der Waals surface area contributed by atoms with E-state index < -0.39 is 24.2 Å². The van der Waals surface area contributed by atoms with E-state index in [0.29, 0.717) is 51.7 Å². The maximum absolute atomic E-state index is 13.2. The van der Waals surface area contributed by atoms with E-state index in [0.717, 1.165) is 41.6 Å². The third-order valence-electron chi connectivity index (χ3n) is 9.01. The molecule has 0 saturated heterocycles. The van der Waals surface area contributed by atoms with Crippen molar-refractivity contribution in [2.24, 2.45) is 11.5 Å². The Hall–Kier alpha value is -5.36. The van der Waals surface area contributed by atoms with Crippen LogP contribution in [0.25, 0.3) is 0 Å². The highest BCUT2D eigenvalue weighted by molar-refractivity contribution is 5.90. The zero-order valence-electron chi connectivity index (χ0n) is 30.9. The molecule has 0 fully saturated rings. The van der Waals surface area contributed by atoms with Gasteiger partial charge in [-0.1, -0.05) is 121 Å². The summed E-state index contributed by atoms with van der Waals surface area (Å²) in [6, 6.07) is 35.2. The van der Waals surface area contributed by atoms with E-state index in [4.69, 9.17) is 11.5 Å². The molecule has 4 rings (SSSR count). The van der Waals surface area contributed by atoms with Gasteiger partial charge in [-0.25, -0.2) is 0 Å². The molecule has 4 amide bonds. The molecular weight excluding hydrogens is 679 g/mol. The number of hydrogen-bond acceptors (Lipinski definition) is 7. The van der Waals surface area contributed by atoms with E-state index in [9.17, 15) is 19.2 Å². The summed E-state index contributed by atoms with van der Waals surface area (Å²) in [4.78, 5) is 52.3. The molecule has 0 aliphatic heterocycles. The SMILES string of the molecule is N[C@@H](Cc1ccccc1)C(=O)N[C@@H](Cc1ccccc1)C(=O)NCCCCNCCCNC(=O)[C@H](Cc1ccccc1)NC(=O)[C@@H](N)Cc1ccccc1. The summed E-state index contributed by atoms with van der Waals surface area (Å²) in [6.07, 6.45) is 3.75. The average Bonchev–Trinajstić information content (AvgIpc) is 3.19. The van der Waals surface area contributed by atoms with Gasteiger partial charge in [-0.3, -0.25) is 19.2 Å². The molecule has 0 aliphatic carbocycles. The van der Waals surface area contributed by atoms with Gasteiger partial charge >= 0.3 is 0 Å². The van der Waals surface area contributed by atoms with E-state index in [1.54, 1.807) is 0 Å². The maximum Gasteiger partial charge on any atom is 0.242 e. The van der Waals surface area contributed by atoms with Gasteiger partial charge in [-0.2, -0.15) is 0 Å². The second-order valence-electron chi connectivity index (χ2n) is 13.5. The van der Waals surface area contributed by atoms with Crippen LogP contribution in [0.1, 0.15) is 41.5 Å². The number of unbranched alkanes of at least 4 members (excludes halogenated alkanes) is 1. The predicted molar refractivity (Wildman–Crippen MR) is 213 cm³/mol. The highest BCUT2D eigenvalue weighted by Crippen LogP contribution is 2.08. The molecule has 4 aromatic rings. The molecule has 286 valence electrons. The Morgan fingerprint density at radius 1 is 0.407 bits per heavy atom. The number of rotatable bonds is 23. The smallest absolute Gasteiger partial charge is 0.242 e. The van der Waals surface area contributed by atoms with Crippen molar-refractivity contribution in [2.75, 3.05) is 26.2 Å². The lowest BCUT2D eigenvalue weighted by Crippen LogP contribution is -2.53. The van der Waals surface area contributed by atoms with E-state index in [1.807, 2.05) is 121 Å². The molecule has 0 saturated carbocycles. The predicted octanol–water partition coefficient (Wildman–Crippen LogP) is 2.57. The van der Waals surface area contributed by atoms with Crippen molar-refractivity contribution in [2.45, 2.75) is 69.1 Å². The lowest BCUT2D eigenvalue weighted by atomic mass is 10.0. The fourth-order valence-corrected chi connectivity index (χ4v) is 5.98. The van der Waals surface area contributed by atoms with Crippen LogP contribution in [0.4, 0.5) is 0 Å². The van der Waals surface area contributed by atoms with Crippen molar-refractivity contribution in [1.29, 1.82) is 0 Å². The van der Waals surface area contributed by atoms with Crippen LogP contribution >= 0.6 is 0 Å². The van der Waals surface area contributed by atoms with Gasteiger partial charge in [0.25, 0.3) is 0 Å². The summed E-state index contributed by atoms with van der Waals surface area (Å²) in [6.45, 7) is 2.35. The van der Waals surface area contributed by atoms with Gasteiger partial charge in [-0.15, -0.1) is 0 Å². The number of nitrogens with one attached hydrogen (secondary N) is 5. The molecule has 0 aromatic heterocycles. The minimum Gasteiger partial charge on any atom is -0.354 e. The van der Waals surface area contributed by atoms with Crippen LogP contribution in [-0.2, 0) is 44.9 Å². The maximum atomic E-state index is 13.2. The highest BCUT2D eigenvalue weighted by atomic mass is 16.2. The third-order valence-corrected chi connectivity index (χ3v) is 9.01. The first kappa shape index (κ1) is 41.4. The molecule has 0 radical (unpaired) electrons. The number of benzene rings is 4. The molecule has 0 bridgehead atoms. The van der Waals surface area contributed by atoms with Gasteiger partial charge in [0.05, 0.1) is 12.1 Å². The highest BCUT2D eigenvalue weighted by Gasteiger charge is 2.25. The van der Waals surface area contributed by atoms with Crippen LogP contribution in [0.5, 0.6) is 0 Å². The van der Waals surface area contributed by atoms with Gasteiger partial charge in [0, 0.05) is 25.9 Å². The minimum absolute atomic E-state index is 0.247. The Kier molecular flexibility index (Phi) is 17.9. The van der Waals surface area contributed by atoms with Crippen LogP contribution in [0.3, 0.4) is 0 Å². The van der Waals surface area contributed by atoms with Gasteiger partial charge in [0.1, 0.15) is 12.1 Å². The summed E-state index contributed by atoms with van der Waals surface area (Å²) >= 11 is 0. The van der Waals surface area contributed by atoms with Crippen molar-refractivity contribution < 1.29 is 19.2 Å². The van der Waals surface area contributed by atoms with Crippen molar-refractivity contribution in [1.82, 2.24) is 26.6 Å². The summed E-state index contributed by atoms with van der Waals surface area (Å²) in [5.41, 5.74) is 16.2. The first-order valence-corrected chi connectivity index (χ1v) is 18.8. The minimum atomic E-state index is -0.776. The van der Waals surface area contributed by atoms with Crippen LogP contribution < -0.4 is 38.1 Å². The monoisotopic (exact) mass is 733 g/mol. The summed E-state index contributed by atoms with van der Waals surface area (Å²) < 4.78 is 0. The number of carbonyl (C=O) groups is 4. The molecule has 0 heterocycles. The largest absolute Gasteiger partial charge is 0.354 e. The summed E-state index contributed by atoms with van der Waals surface area (Å²) in [7, 11) is 0. The first-order valence-electron chi connectivity index (χ1n) is 18.8. The second-order valence-corrected chi connectivity index (χ2v) is 13.5. The summed E-state index contributed by atoms with van der Waals surface area (Å²) in [5, 5.41) is 15.1. The van der Waals surface area contributed by atoms with E-state index in [2.05, 4.69) is 26.6 Å². The quantitative estimate of drug-likeness (QED) is 0.0573. The van der Waals surface area contributed by atoms with Gasteiger partial charge in [0.2, 0.25) is 23.6 Å². The van der Waals surface area contributed by atoms with E-state index in [-0.39, 0.29) is 23.6 Å². The number of carbonyl (C=O) groups excluding carboxylic acids is 4. The zero-order chi connectivity index (χ0) is 38.4. The standard InChI is InChI=1S/C43H55N7O4/c44-36(28-32-16-5-1-6-17-32)40(51)49-38(30-34-20-9-3-10-21-34)42(53)47-26-14-13-24-46-25-15-27-48-43(54)39(31-35-22-11-4-12-23-35)50-41(52)37(45)29-33-18-7-2-8-19-33/h1-12,16-23,36-39,46H,13-15,24-31,44-45H2,(H,47,53)(H,48,54)(H,49,51)(H,50,52)/t36-,37-,38-,39-/m0/s1. The fourth-order valence-electron chi connectivity index (χ4n) is 5.98. The third kappa shape index (κ3) is 15.3. The normalized spacial score (nSPS) is 13.1. The molecule has 54 heavy (non-hydrogen) atoms. The fraction of sp³-hybridized carbons (Fsp3) is 0.349. The molecule has 11 nitrogen and oxygen atoms in total. The van der Waals surface area contributed by atoms with E-state index in [1.165, 1.54) is 0 Å². The Morgan fingerprint density at radius 2 is 0.722 bits per heavy atom. The van der Waals surface area contributed by atoms with Crippen LogP contribution in [0.2, 0.25) is 0 Å². The zero-order valence-corrected chi connectivity index (χ0v) is 30.9. The molecule has 4 aromatic carbocycles. The average molecular weight is 734 g/mol. The summed E-state index contributed by atoms with van der Waals surface area (Å²) in [5.74, 6) is -1.24. The van der Waals surface area contributed by atoms with Crippen LogP contribution in [0.15, 0.2) is 121 Å². The number of amides is 4. The van der Waals surface area contributed by atoms with Gasteiger partial charge < -0.3 is 38.1 Å². The lowest BCUT2D eigenvalue weighted by Gasteiger charge is -2.21. The molecule has 0 aliphatic rings. The molecule has 9 N–H and O–H groups in total. The Balaban J connectivity index is 1.13.